The van der Waals surface area contributed by atoms with Gasteiger partial charge in [0.05, 0.1) is 4.83 Å². The van der Waals surface area contributed by atoms with Crippen LogP contribution in [0.5, 0.6) is 11.5 Å². The van der Waals surface area contributed by atoms with Crippen molar-refractivity contribution in [2.75, 3.05) is 13.2 Å². The predicted molar refractivity (Wildman–Crippen MR) is 72.5 cm³/mol. The molecule has 1 aromatic carbocycles. The monoisotopic (exact) mass is 310 g/mol. The van der Waals surface area contributed by atoms with Gasteiger partial charge >= 0.3 is 0 Å². The van der Waals surface area contributed by atoms with E-state index in [0.29, 0.717) is 13.2 Å². The fraction of sp³-hybridized carbons (Fsp3) is 0.231. The Morgan fingerprint density at radius 3 is 2.65 bits per heavy atom. The second-order valence-electron chi connectivity index (χ2n) is 3.82. The molecule has 1 aliphatic rings. The maximum atomic E-state index is 5.59. The molecule has 17 heavy (non-hydrogen) atoms. The van der Waals surface area contributed by atoms with E-state index in [-0.39, 0.29) is 4.83 Å². The summed E-state index contributed by atoms with van der Waals surface area (Å²) in [6.45, 7) is 1.26. The average Bonchev–Trinajstić information content (AvgIpc) is 2.91. The predicted octanol–water partition coefficient (Wildman–Crippen LogP) is 4.00. The Hall–Kier alpha value is -1.00. The van der Waals surface area contributed by atoms with Gasteiger partial charge in [-0.25, -0.2) is 0 Å². The van der Waals surface area contributed by atoms with E-state index in [2.05, 4.69) is 38.8 Å². The molecule has 2 aromatic rings. The lowest BCUT2D eigenvalue weighted by Crippen LogP contribution is -2.15. The first-order valence-electron chi connectivity index (χ1n) is 5.40. The summed E-state index contributed by atoms with van der Waals surface area (Å²) >= 11 is 5.42. The van der Waals surface area contributed by atoms with Crippen LogP contribution in [0.15, 0.2) is 35.0 Å². The van der Waals surface area contributed by atoms with Crippen LogP contribution in [0.4, 0.5) is 0 Å². The zero-order chi connectivity index (χ0) is 11.7. The topological polar surface area (TPSA) is 18.5 Å². The zero-order valence-corrected chi connectivity index (χ0v) is 11.5. The van der Waals surface area contributed by atoms with Crippen molar-refractivity contribution in [2.45, 2.75) is 4.83 Å². The maximum Gasteiger partial charge on any atom is 0.161 e. The summed E-state index contributed by atoms with van der Waals surface area (Å²) < 4.78 is 11.1. The first-order chi connectivity index (χ1) is 8.34. The van der Waals surface area contributed by atoms with Crippen molar-refractivity contribution in [3.63, 3.8) is 0 Å². The highest BCUT2D eigenvalue weighted by molar-refractivity contribution is 9.09. The Labute approximate surface area is 112 Å². The summed E-state index contributed by atoms with van der Waals surface area (Å²) in [6.07, 6.45) is 0. The molecule has 0 amide bonds. The van der Waals surface area contributed by atoms with Gasteiger partial charge in [-0.05, 0) is 40.1 Å². The highest BCUT2D eigenvalue weighted by Crippen LogP contribution is 2.38. The summed E-state index contributed by atoms with van der Waals surface area (Å²) in [7, 11) is 0. The third-order valence-corrected chi connectivity index (χ3v) is 4.45. The quantitative estimate of drug-likeness (QED) is 0.780. The van der Waals surface area contributed by atoms with Crippen molar-refractivity contribution < 1.29 is 9.47 Å². The second-order valence-corrected chi connectivity index (χ2v) is 5.52. The summed E-state index contributed by atoms with van der Waals surface area (Å²) in [6, 6.07) is 8.22. The summed E-state index contributed by atoms with van der Waals surface area (Å²) in [5.74, 6) is 1.68. The lowest BCUT2D eigenvalue weighted by atomic mass is 10.1. The van der Waals surface area contributed by atoms with Crippen LogP contribution in [0.25, 0.3) is 0 Å². The minimum absolute atomic E-state index is 0.213. The molecule has 1 atom stereocenters. The molecule has 0 saturated carbocycles. The number of hydrogen-bond donors (Lipinski definition) is 0. The number of halogens is 1. The van der Waals surface area contributed by atoms with Crippen molar-refractivity contribution in [2.24, 2.45) is 0 Å². The first kappa shape index (κ1) is 11.1. The molecule has 4 heteroatoms. The van der Waals surface area contributed by atoms with Crippen molar-refractivity contribution in [3.8, 4) is 11.5 Å². The molecule has 1 aromatic heterocycles. The van der Waals surface area contributed by atoms with Crippen LogP contribution < -0.4 is 9.47 Å². The molecular formula is C13H11BrO2S. The molecule has 1 aliphatic heterocycles. The van der Waals surface area contributed by atoms with Crippen LogP contribution in [0, 0.1) is 0 Å². The Bertz CT molecular complexity index is 510. The Balaban J connectivity index is 1.93. The average molecular weight is 311 g/mol. The Morgan fingerprint density at radius 2 is 1.88 bits per heavy atom. The van der Waals surface area contributed by atoms with Crippen molar-refractivity contribution in [3.05, 3.63) is 46.2 Å². The van der Waals surface area contributed by atoms with Gasteiger partial charge in [0.15, 0.2) is 11.5 Å². The van der Waals surface area contributed by atoms with E-state index in [1.165, 1.54) is 11.1 Å². The van der Waals surface area contributed by atoms with Crippen LogP contribution >= 0.6 is 27.3 Å². The smallest absolute Gasteiger partial charge is 0.161 e. The number of hydrogen-bond acceptors (Lipinski definition) is 3. The van der Waals surface area contributed by atoms with Gasteiger partial charge in [-0.1, -0.05) is 22.0 Å². The number of thiophene rings is 1. The SMILES string of the molecule is BrC(c1ccsc1)c1ccc2c(c1)OCCO2. The van der Waals surface area contributed by atoms with E-state index < -0.39 is 0 Å². The van der Waals surface area contributed by atoms with Gasteiger partial charge in [-0.15, -0.1) is 0 Å². The largest absolute Gasteiger partial charge is 0.486 e. The summed E-state index contributed by atoms with van der Waals surface area (Å²) in [5, 5.41) is 4.23. The van der Waals surface area contributed by atoms with Gasteiger partial charge in [-0.3, -0.25) is 0 Å². The molecular weight excluding hydrogens is 300 g/mol. The number of alkyl halides is 1. The summed E-state index contributed by atoms with van der Waals surface area (Å²) in [4.78, 5) is 0.213. The minimum atomic E-state index is 0.213. The molecule has 0 N–H and O–H groups in total. The van der Waals surface area contributed by atoms with Crippen molar-refractivity contribution in [1.29, 1.82) is 0 Å². The van der Waals surface area contributed by atoms with Crippen LogP contribution in [0.2, 0.25) is 0 Å². The normalized spacial score (nSPS) is 15.6. The number of rotatable bonds is 2. The third-order valence-electron chi connectivity index (χ3n) is 2.69. The van der Waals surface area contributed by atoms with Gasteiger partial charge in [-0.2, -0.15) is 11.3 Å². The van der Waals surface area contributed by atoms with Crippen molar-refractivity contribution in [1.82, 2.24) is 0 Å². The zero-order valence-electron chi connectivity index (χ0n) is 9.06. The highest BCUT2D eigenvalue weighted by Gasteiger charge is 2.16. The van der Waals surface area contributed by atoms with Gasteiger partial charge in [0, 0.05) is 0 Å². The Kier molecular flexibility index (Phi) is 3.07. The molecule has 0 spiro atoms. The molecule has 0 saturated heterocycles. The first-order valence-corrected chi connectivity index (χ1v) is 7.26. The number of ether oxygens (including phenoxy) is 2. The van der Waals surface area contributed by atoms with Crippen LogP contribution in [-0.4, -0.2) is 13.2 Å². The van der Waals surface area contributed by atoms with E-state index in [9.17, 15) is 0 Å². The molecule has 3 rings (SSSR count). The van der Waals surface area contributed by atoms with Gasteiger partial charge in [0.25, 0.3) is 0 Å². The third kappa shape index (κ3) is 2.19. The van der Waals surface area contributed by atoms with E-state index in [0.717, 1.165) is 11.5 Å². The molecule has 0 aliphatic carbocycles. The van der Waals surface area contributed by atoms with Crippen LogP contribution in [-0.2, 0) is 0 Å². The molecule has 0 radical (unpaired) electrons. The van der Waals surface area contributed by atoms with Crippen LogP contribution in [0.1, 0.15) is 16.0 Å². The van der Waals surface area contributed by atoms with E-state index in [1.54, 1.807) is 11.3 Å². The molecule has 0 fully saturated rings. The number of fused-ring (bicyclic) bond motifs is 1. The molecule has 2 nitrogen and oxygen atoms in total. The second kappa shape index (κ2) is 4.70. The highest BCUT2D eigenvalue weighted by atomic mass is 79.9. The molecule has 2 heterocycles. The lowest BCUT2D eigenvalue weighted by Gasteiger charge is -2.20. The maximum absolute atomic E-state index is 5.59. The molecule has 1 unspecified atom stereocenters. The van der Waals surface area contributed by atoms with Gasteiger partial charge < -0.3 is 9.47 Å². The fourth-order valence-electron chi connectivity index (χ4n) is 1.83. The standard InChI is InChI=1S/C13H11BrO2S/c14-13(10-3-6-17-8-10)9-1-2-11-12(7-9)16-5-4-15-11/h1-3,6-8,13H,4-5H2. The van der Waals surface area contributed by atoms with Crippen LogP contribution in [0.3, 0.4) is 0 Å². The van der Waals surface area contributed by atoms with E-state index >= 15 is 0 Å². The lowest BCUT2D eigenvalue weighted by molar-refractivity contribution is 0.171. The Morgan fingerprint density at radius 1 is 1.06 bits per heavy atom. The molecule has 0 bridgehead atoms. The van der Waals surface area contributed by atoms with E-state index in [4.69, 9.17) is 9.47 Å². The van der Waals surface area contributed by atoms with Gasteiger partial charge in [0.2, 0.25) is 0 Å². The number of benzene rings is 1. The fourth-order valence-corrected chi connectivity index (χ4v) is 3.26. The minimum Gasteiger partial charge on any atom is -0.486 e. The van der Waals surface area contributed by atoms with Gasteiger partial charge in [0.1, 0.15) is 13.2 Å². The molecule has 88 valence electrons. The van der Waals surface area contributed by atoms with Crippen molar-refractivity contribution >= 4 is 27.3 Å². The summed E-state index contributed by atoms with van der Waals surface area (Å²) in [5.41, 5.74) is 2.46. The van der Waals surface area contributed by atoms with E-state index in [1.807, 2.05) is 12.1 Å².